The summed E-state index contributed by atoms with van der Waals surface area (Å²) in [6.45, 7) is 2.56. The van der Waals surface area contributed by atoms with Crippen LogP contribution in [0.15, 0.2) is 24.3 Å². The number of ether oxygens (including phenoxy) is 2. The van der Waals surface area contributed by atoms with Crippen molar-refractivity contribution < 1.29 is 14.3 Å². The normalized spacial score (nSPS) is 22.3. The molecule has 1 aliphatic rings. The molecule has 1 aromatic rings. The van der Waals surface area contributed by atoms with Crippen LogP contribution in [-0.4, -0.2) is 50.8 Å². The third-order valence-corrected chi connectivity index (χ3v) is 4.19. The maximum atomic E-state index is 11.3. The fourth-order valence-electron chi connectivity index (χ4n) is 3.13. The van der Waals surface area contributed by atoms with Crippen LogP contribution >= 0.6 is 0 Å². The molecule has 1 fully saturated rings. The highest BCUT2D eigenvalue weighted by atomic mass is 16.5. The number of hydrogen-bond donors (Lipinski definition) is 1. The number of benzene rings is 1. The number of piperidine rings is 1. The first-order valence-corrected chi connectivity index (χ1v) is 7.78. The van der Waals surface area contributed by atoms with Gasteiger partial charge in [-0.3, -0.25) is 4.79 Å². The lowest BCUT2D eigenvalue weighted by atomic mass is 9.89. The predicted octanol–water partition coefficient (Wildman–Crippen LogP) is 1.45. The highest BCUT2D eigenvalue weighted by Crippen LogP contribution is 2.22. The van der Waals surface area contributed by atoms with Gasteiger partial charge < -0.3 is 20.1 Å². The van der Waals surface area contributed by atoms with Gasteiger partial charge in [0, 0.05) is 25.7 Å². The van der Waals surface area contributed by atoms with E-state index in [-0.39, 0.29) is 12.0 Å². The molecular formula is C17H26N2O3. The van der Waals surface area contributed by atoms with Gasteiger partial charge in [0.1, 0.15) is 5.75 Å². The molecule has 0 bridgehead atoms. The molecule has 0 aliphatic carbocycles. The maximum absolute atomic E-state index is 11.3. The van der Waals surface area contributed by atoms with Gasteiger partial charge in [-0.1, -0.05) is 12.1 Å². The number of nitrogens with two attached hydrogens (primary N) is 1. The zero-order valence-corrected chi connectivity index (χ0v) is 13.5. The van der Waals surface area contributed by atoms with Crippen LogP contribution in [0.2, 0.25) is 0 Å². The Morgan fingerprint density at radius 2 is 2.00 bits per heavy atom. The molecule has 22 heavy (non-hydrogen) atoms. The lowest BCUT2D eigenvalue weighted by Crippen LogP contribution is -2.48. The topological polar surface area (TPSA) is 64.8 Å². The molecule has 2 N–H and O–H groups in total. The molecular weight excluding hydrogens is 280 g/mol. The summed E-state index contributed by atoms with van der Waals surface area (Å²) in [5.74, 6) is 1.24. The van der Waals surface area contributed by atoms with Gasteiger partial charge in [-0.05, 0) is 36.5 Å². The highest BCUT2D eigenvalue weighted by molar-refractivity contribution is 5.69. The lowest BCUT2D eigenvalue weighted by molar-refractivity contribution is -0.141. The Labute approximate surface area is 132 Å². The molecule has 2 rings (SSSR count). The minimum Gasteiger partial charge on any atom is -0.497 e. The van der Waals surface area contributed by atoms with E-state index < -0.39 is 0 Å². The van der Waals surface area contributed by atoms with E-state index >= 15 is 0 Å². The van der Waals surface area contributed by atoms with E-state index in [0.29, 0.717) is 12.3 Å². The molecule has 1 saturated heterocycles. The van der Waals surface area contributed by atoms with Crippen molar-refractivity contribution in [3.05, 3.63) is 29.8 Å². The largest absolute Gasteiger partial charge is 0.497 e. The lowest BCUT2D eigenvalue weighted by Gasteiger charge is -2.36. The summed E-state index contributed by atoms with van der Waals surface area (Å²) in [5, 5.41) is 0. The average Bonchev–Trinajstić information content (AvgIpc) is 2.53. The number of carbonyl (C=O) groups excluding carboxylic acids is 1. The SMILES string of the molecule is COC(=O)CCN1CC(N)CC(Cc2ccc(OC)cc2)C1. The Bertz CT molecular complexity index is 475. The van der Waals surface area contributed by atoms with Crippen LogP contribution in [0.3, 0.4) is 0 Å². The average molecular weight is 306 g/mol. The summed E-state index contributed by atoms with van der Waals surface area (Å²) in [6.07, 6.45) is 2.46. The fourth-order valence-corrected chi connectivity index (χ4v) is 3.13. The Kier molecular flexibility index (Phi) is 6.21. The Hall–Kier alpha value is -1.59. The van der Waals surface area contributed by atoms with Crippen LogP contribution in [0.1, 0.15) is 18.4 Å². The summed E-state index contributed by atoms with van der Waals surface area (Å²) < 4.78 is 9.89. The summed E-state index contributed by atoms with van der Waals surface area (Å²) in [6, 6.07) is 8.38. The van der Waals surface area contributed by atoms with Crippen molar-refractivity contribution in [3.8, 4) is 5.75 Å². The smallest absolute Gasteiger partial charge is 0.306 e. The third-order valence-electron chi connectivity index (χ3n) is 4.19. The van der Waals surface area contributed by atoms with Crippen LogP contribution in [-0.2, 0) is 16.0 Å². The zero-order chi connectivity index (χ0) is 15.9. The zero-order valence-electron chi connectivity index (χ0n) is 13.5. The van der Waals surface area contributed by atoms with Crippen molar-refractivity contribution in [3.63, 3.8) is 0 Å². The predicted molar refractivity (Wildman–Crippen MR) is 85.9 cm³/mol. The molecule has 5 heteroatoms. The Morgan fingerprint density at radius 1 is 1.27 bits per heavy atom. The summed E-state index contributed by atoms with van der Waals surface area (Å²) in [4.78, 5) is 13.6. The van der Waals surface area contributed by atoms with Gasteiger partial charge in [0.2, 0.25) is 0 Å². The number of rotatable bonds is 6. The number of methoxy groups -OCH3 is 2. The first-order valence-electron chi connectivity index (χ1n) is 7.78. The van der Waals surface area contributed by atoms with Gasteiger partial charge in [-0.15, -0.1) is 0 Å². The molecule has 0 aromatic heterocycles. The Balaban J connectivity index is 1.88. The standard InChI is InChI=1S/C17H26N2O3/c1-21-16-5-3-13(4-6-16)9-14-10-15(18)12-19(11-14)8-7-17(20)22-2/h3-6,14-15H,7-12,18H2,1-2H3. The quantitative estimate of drug-likeness (QED) is 0.806. The van der Waals surface area contributed by atoms with Crippen LogP contribution < -0.4 is 10.5 Å². The van der Waals surface area contributed by atoms with Crippen molar-refractivity contribution in [1.82, 2.24) is 4.90 Å². The van der Waals surface area contributed by atoms with Gasteiger partial charge in [0.05, 0.1) is 20.6 Å². The molecule has 2 unspecified atom stereocenters. The van der Waals surface area contributed by atoms with E-state index in [9.17, 15) is 4.79 Å². The van der Waals surface area contributed by atoms with Crippen molar-refractivity contribution in [2.24, 2.45) is 11.7 Å². The van der Waals surface area contributed by atoms with Crippen LogP contribution in [0.4, 0.5) is 0 Å². The second-order valence-electron chi connectivity index (χ2n) is 6.00. The molecule has 122 valence electrons. The van der Waals surface area contributed by atoms with E-state index in [1.807, 2.05) is 12.1 Å². The number of nitrogens with zero attached hydrogens (tertiary/aromatic N) is 1. The molecule has 1 heterocycles. The molecule has 5 nitrogen and oxygen atoms in total. The van der Waals surface area contributed by atoms with Crippen molar-refractivity contribution >= 4 is 5.97 Å². The molecule has 0 saturated carbocycles. The molecule has 1 aromatic carbocycles. The minimum atomic E-state index is -0.161. The maximum Gasteiger partial charge on any atom is 0.306 e. The number of esters is 1. The monoisotopic (exact) mass is 306 g/mol. The summed E-state index contributed by atoms with van der Waals surface area (Å²) >= 11 is 0. The second kappa shape index (κ2) is 8.15. The van der Waals surface area contributed by atoms with Gasteiger partial charge in [-0.2, -0.15) is 0 Å². The van der Waals surface area contributed by atoms with Crippen molar-refractivity contribution in [2.45, 2.75) is 25.3 Å². The van der Waals surface area contributed by atoms with E-state index in [1.165, 1.54) is 12.7 Å². The van der Waals surface area contributed by atoms with E-state index in [0.717, 1.165) is 38.2 Å². The molecule has 2 atom stereocenters. The second-order valence-corrected chi connectivity index (χ2v) is 6.00. The molecule has 0 amide bonds. The van der Waals surface area contributed by atoms with E-state index in [2.05, 4.69) is 17.0 Å². The van der Waals surface area contributed by atoms with Crippen molar-refractivity contribution in [1.29, 1.82) is 0 Å². The van der Waals surface area contributed by atoms with Crippen LogP contribution in [0.5, 0.6) is 5.75 Å². The molecule has 0 spiro atoms. The van der Waals surface area contributed by atoms with Gasteiger partial charge in [0.15, 0.2) is 0 Å². The van der Waals surface area contributed by atoms with E-state index in [4.69, 9.17) is 15.2 Å². The van der Waals surface area contributed by atoms with Gasteiger partial charge in [0.25, 0.3) is 0 Å². The Morgan fingerprint density at radius 3 is 2.64 bits per heavy atom. The van der Waals surface area contributed by atoms with Gasteiger partial charge >= 0.3 is 5.97 Å². The van der Waals surface area contributed by atoms with Crippen LogP contribution in [0, 0.1) is 5.92 Å². The highest BCUT2D eigenvalue weighted by Gasteiger charge is 2.25. The van der Waals surface area contributed by atoms with Gasteiger partial charge in [-0.25, -0.2) is 0 Å². The number of likely N-dealkylation sites (tertiary alicyclic amines) is 1. The fraction of sp³-hybridized carbons (Fsp3) is 0.588. The first-order chi connectivity index (χ1) is 10.6. The van der Waals surface area contributed by atoms with Crippen LogP contribution in [0.25, 0.3) is 0 Å². The summed E-state index contributed by atoms with van der Waals surface area (Å²) in [7, 11) is 3.10. The summed E-state index contributed by atoms with van der Waals surface area (Å²) in [5.41, 5.74) is 7.47. The number of carbonyl (C=O) groups is 1. The third kappa shape index (κ3) is 5.00. The van der Waals surface area contributed by atoms with Crippen molar-refractivity contribution in [2.75, 3.05) is 33.9 Å². The first kappa shape index (κ1) is 16.8. The minimum absolute atomic E-state index is 0.161. The number of hydrogen-bond acceptors (Lipinski definition) is 5. The molecule has 1 aliphatic heterocycles. The van der Waals surface area contributed by atoms with E-state index in [1.54, 1.807) is 7.11 Å². The molecule has 0 radical (unpaired) electrons.